The van der Waals surface area contributed by atoms with Crippen LogP contribution in [0.2, 0.25) is 0 Å². The first-order chi connectivity index (χ1) is 17.4. The molecule has 220 valence electrons. The Morgan fingerprint density at radius 2 is 1.76 bits per heavy atom. The van der Waals surface area contributed by atoms with E-state index in [1.165, 1.54) is 5.06 Å². The van der Waals surface area contributed by atoms with Gasteiger partial charge in [-0.25, -0.2) is 4.79 Å². The number of ether oxygens (including phenoxy) is 2. The van der Waals surface area contributed by atoms with Gasteiger partial charge in [0.1, 0.15) is 6.61 Å². The molecule has 2 amide bonds. The number of carbonyl (C=O) groups is 2. The zero-order chi connectivity index (χ0) is 28.9. The quantitative estimate of drug-likeness (QED) is 0.310. The van der Waals surface area contributed by atoms with E-state index in [0.717, 1.165) is 6.08 Å². The fourth-order valence-electron chi connectivity index (χ4n) is 5.08. The maximum absolute atomic E-state index is 14.8. The van der Waals surface area contributed by atoms with Gasteiger partial charge in [0, 0.05) is 39.1 Å². The van der Waals surface area contributed by atoms with Crippen LogP contribution in [0.25, 0.3) is 0 Å². The fraction of sp³-hybridized carbons (Fsp3) is 0.846. The zero-order valence-corrected chi connectivity index (χ0v) is 24.5. The van der Waals surface area contributed by atoms with Crippen LogP contribution in [0.1, 0.15) is 67.7 Å². The topological polar surface area (TPSA) is 117 Å². The van der Waals surface area contributed by atoms with Crippen molar-refractivity contribution in [2.75, 3.05) is 31.3 Å². The minimum absolute atomic E-state index is 0.0641. The number of alkyl carbamates (subject to hydrolysis) is 1. The lowest BCUT2D eigenvalue weighted by molar-refractivity contribution is -0.246. The number of nitrogens with zero attached hydrogens (tertiary/aromatic N) is 1. The Kier molecular flexibility index (Phi) is 10.9. The number of piperidine rings is 1. The Bertz CT molecular complexity index is 874. The molecule has 12 heteroatoms. The molecule has 9 nitrogen and oxygen atoms in total. The monoisotopic (exact) mass is 565 g/mol. The summed E-state index contributed by atoms with van der Waals surface area (Å²) in [6, 6.07) is -1.33. The molecule has 2 saturated heterocycles. The SMILES string of the molecule is CC(C)C[C@@H](C=CC(F)(F)C(=O)NC1CC(C)(C)N(O)C(C)(C)C1)NC(=O)OCCS(=O)CC1(C)COC1. The number of halogens is 2. The van der Waals surface area contributed by atoms with Crippen molar-refractivity contribution in [1.82, 2.24) is 15.7 Å². The molecular formula is C26H45F2N3O6S. The highest BCUT2D eigenvalue weighted by Crippen LogP contribution is 2.37. The van der Waals surface area contributed by atoms with Crippen LogP contribution in [0.15, 0.2) is 12.2 Å². The molecular weight excluding hydrogens is 520 g/mol. The van der Waals surface area contributed by atoms with Crippen LogP contribution in [-0.4, -0.2) is 86.9 Å². The van der Waals surface area contributed by atoms with Crippen molar-refractivity contribution in [2.24, 2.45) is 11.3 Å². The van der Waals surface area contributed by atoms with Crippen molar-refractivity contribution in [2.45, 2.75) is 96.8 Å². The summed E-state index contributed by atoms with van der Waals surface area (Å²) >= 11 is 0. The molecule has 2 atom stereocenters. The first-order valence-electron chi connectivity index (χ1n) is 13.1. The van der Waals surface area contributed by atoms with Gasteiger partial charge in [-0.15, -0.1) is 0 Å². The van der Waals surface area contributed by atoms with Gasteiger partial charge in [-0.1, -0.05) is 26.8 Å². The second-order valence-electron chi connectivity index (χ2n) is 12.6. The van der Waals surface area contributed by atoms with Crippen molar-refractivity contribution < 1.29 is 37.3 Å². The second-order valence-corrected chi connectivity index (χ2v) is 14.2. The molecule has 0 spiro atoms. The van der Waals surface area contributed by atoms with Crippen LogP contribution >= 0.6 is 0 Å². The Hall–Kier alpha value is -1.63. The van der Waals surface area contributed by atoms with E-state index in [1.54, 1.807) is 27.7 Å². The summed E-state index contributed by atoms with van der Waals surface area (Å²) in [5.74, 6) is -4.53. The molecule has 0 saturated carbocycles. The summed E-state index contributed by atoms with van der Waals surface area (Å²) in [5.41, 5.74) is -1.51. The fourth-order valence-corrected chi connectivity index (χ4v) is 6.43. The van der Waals surface area contributed by atoms with Gasteiger partial charge in [-0.05, 0) is 59.0 Å². The summed E-state index contributed by atoms with van der Waals surface area (Å²) in [5, 5.41) is 16.6. The lowest BCUT2D eigenvalue weighted by atomic mass is 9.79. The molecule has 2 aliphatic heterocycles. The highest BCUT2D eigenvalue weighted by atomic mass is 32.2. The number of hydroxylamine groups is 2. The van der Waals surface area contributed by atoms with Crippen LogP contribution in [0.4, 0.5) is 13.6 Å². The van der Waals surface area contributed by atoms with Crippen LogP contribution in [0.5, 0.6) is 0 Å². The molecule has 0 aliphatic carbocycles. The van der Waals surface area contributed by atoms with E-state index in [4.69, 9.17) is 9.47 Å². The average Bonchev–Trinajstić information content (AvgIpc) is 2.74. The maximum atomic E-state index is 14.8. The van der Waals surface area contributed by atoms with Gasteiger partial charge in [0.15, 0.2) is 0 Å². The van der Waals surface area contributed by atoms with Gasteiger partial charge in [-0.3, -0.25) is 9.00 Å². The largest absolute Gasteiger partial charge is 0.449 e. The highest BCUT2D eigenvalue weighted by molar-refractivity contribution is 7.85. The molecule has 38 heavy (non-hydrogen) atoms. The molecule has 2 rings (SSSR count). The van der Waals surface area contributed by atoms with E-state index < -0.39 is 51.9 Å². The first kappa shape index (κ1) is 32.6. The van der Waals surface area contributed by atoms with E-state index in [9.17, 15) is 27.8 Å². The number of amides is 2. The van der Waals surface area contributed by atoms with E-state index >= 15 is 0 Å². The van der Waals surface area contributed by atoms with Crippen LogP contribution < -0.4 is 10.6 Å². The molecule has 0 aromatic heterocycles. The lowest BCUT2D eigenvalue weighted by Crippen LogP contribution is -2.63. The standard InChI is InChI=1S/C26H45F2N3O6S/c1-18(2)12-19(30-22(33)37-10-11-38(35)17-25(7)15-36-16-25)8-9-26(27,28)21(32)29-20-13-23(3,4)31(34)24(5,6)14-20/h8-9,18-20,34H,10-17H2,1-7H3,(H,29,32)(H,30,33)/t19-,38?/m1/s1. The van der Waals surface area contributed by atoms with Gasteiger partial charge in [0.25, 0.3) is 5.91 Å². The van der Waals surface area contributed by atoms with Gasteiger partial charge < -0.3 is 25.3 Å². The van der Waals surface area contributed by atoms with Gasteiger partial charge >= 0.3 is 12.0 Å². The predicted molar refractivity (Wildman–Crippen MR) is 142 cm³/mol. The van der Waals surface area contributed by atoms with Gasteiger partial charge in [0.2, 0.25) is 0 Å². The maximum Gasteiger partial charge on any atom is 0.407 e. The third-order valence-electron chi connectivity index (χ3n) is 6.80. The molecule has 2 aliphatic rings. The van der Waals surface area contributed by atoms with Crippen molar-refractivity contribution in [3.8, 4) is 0 Å². The zero-order valence-electron chi connectivity index (χ0n) is 23.6. The van der Waals surface area contributed by atoms with E-state index in [1.807, 2.05) is 20.8 Å². The Balaban J connectivity index is 1.91. The predicted octanol–water partition coefficient (Wildman–Crippen LogP) is 3.63. The first-order valence-corrected chi connectivity index (χ1v) is 14.6. The number of nitrogens with one attached hydrogen (secondary N) is 2. The Morgan fingerprint density at radius 3 is 2.26 bits per heavy atom. The summed E-state index contributed by atoms with van der Waals surface area (Å²) < 4.78 is 52.0. The molecule has 0 aromatic carbocycles. The van der Waals surface area contributed by atoms with Crippen molar-refractivity contribution in [3.05, 3.63) is 12.2 Å². The average molecular weight is 566 g/mol. The van der Waals surface area contributed by atoms with Gasteiger partial charge in [-0.2, -0.15) is 13.8 Å². The molecule has 1 unspecified atom stereocenters. The van der Waals surface area contributed by atoms with Crippen molar-refractivity contribution in [3.63, 3.8) is 0 Å². The van der Waals surface area contributed by atoms with Crippen molar-refractivity contribution in [1.29, 1.82) is 0 Å². The van der Waals surface area contributed by atoms with E-state index in [-0.39, 0.29) is 23.7 Å². The number of hydrogen-bond donors (Lipinski definition) is 3. The minimum atomic E-state index is -3.80. The minimum Gasteiger partial charge on any atom is -0.449 e. The van der Waals surface area contributed by atoms with Gasteiger partial charge in [0.05, 0.1) is 25.0 Å². The number of hydrogen-bond acceptors (Lipinski definition) is 7. The van der Waals surface area contributed by atoms with Crippen LogP contribution in [0, 0.1) is 11.3 Å². The van der Waals surface area contributed by atoms with Crippen LogP contribution in [0.3, 0.4) is 0 Å². The lowest BCUT2D eigenvalue weighted by Gasteiger charge is -2.51. The number of carbonyl (C=O) groups excluding carboxylic acids is 2. The normalized spacial score (nSPS) is 23.0. The second kappa shape index (κ2) is 12.7. The van der Waals surface area contributed by atoms with E-state index in [2.05, 4.69) is 10.6 Å². The van der Waals surface area contributed by atoms with E-state index in [0.29, 0.717) is 44.3 Å². The Labute approximate surface area is 227 Å². The molecule has 2 fully saturated rings. The molecule has 3 N–H and O–H groups in total. The van der Waals surface area contributed by atoms with Crippen molar-refractivity contribution >= 4 is 22.8 Å². The Morgan fingerprint density at radius 1 is 1.18 bits per heavy atom. The number of rotatable bonds is 12. The summed E-state index contributed by atoms with van der Waals surface area (Å²) in [6.07, 6.45) is 1.78. The summed E-state index contributed by atoms with van der Waals surface area (Å²) in [7, 11) is -1.17. The third kappa shape index (κ3) is 9.53. The molecule has 0 bridgehead atoms. The molecule has 0 aromatic rings. The highest BCUT2D eigenvalue weighted by Gasteiger charge is 2.47. The number of alkyl halides is 2. The molecule has 2 heterocycles. The summed E-state index contributed by atoms with van der Waals surface area (Å²) in [4.78, 5) is 24.7. The van der Waals surface area contributed by atoms with Crippen LogP contribution in [-0.2, 0) is 25.1 Å². The molecule has 0 radical (unpaired) electrons. The third-order valence-corrected chi connectivity index (χ3v) is 8.44. The summed E-state index contributed by atoms with van der Waals surface area (Å²) in [6.45, 7) is 13.9. The smallest absolute Gasteiger partial charge is 0.407 e.